The summed E-state index contributed by atoms with van der Waals surface area (Å²) in [5.74, 6) is -0.277. The Labute approximate surface area is 228 Å². The van der Waals surface area contributed by atoms with Gasteiger partial charge in [-0.3, -0.25) is 9.59 Å². The fourth-order valence-electron chi connectivity index (χ4n) is 5.45. The lowest BCUT2D eigenvalue weighted by Crippen LogP contribution is -2.42. The molecule has 5 aromatic rings. The molecule has 0 atom stereocenters. The van der Waals surface area contributed by atoms with E-state index in [1.165, 1.54) is 6.07 Å². The average Bonchev–Trinajstić information content (AvgIpc) is 3.50. The predicted octanol–water partition coefficient (Wildman–Crippen LogP) is 4.56. The van der Waals surface area contributed by atoms with Crippen LogP contribution in [0.3, 0.4) is 0 Å². The van der Waals surface area contributed by atoms with Gasteiger partial charge < -0.3 is 28.8 Å². The highest BCUT2D eigenvalue weighted by atomic mass is 19.1. The predicted molar refractivity (Wildman–Crippen MR) is 149 cm³/mol. The lowest BCUT2D eigenvalue weighted by molar-refractivity contribution is 0.0302. The molecule has 1 amide bonds. The van der Waals surface area contributed by atoms with E-state index >= 15 is 4.39 Å². The van der Waals surface area contributed by atoms with E-state index in [1.54, 1.807) is 28.2 Å². The van der Waals surface area contributed by atoms with Crippen LogP contribution >= 0.6 is 0 Å². The van der Waals surface area contributed by atoms with Gasteiger partial charge in [-0.2, -0.15) is 0 Å². The smallest absolute Gasteiger partial charge is 0.259 e. The molecule has 1 saturated heterocycles. The second-order valence-corrected chi connectivity index (χ2v) is 9.96. The van der Waals surface area contributed by atoms with E-state index in [-0.39, 0.29) is 22.4 Å². The Hall–Kier alpha value is -4.70. The van der Waals surface area contributed by atoms with Crippen LogP contribution in [-0.2, 0) is 11.3 Å². The summed E-state index contributed by atoms with van der Waals surface area (Å²) in [6, 6.07) is 12.9. The Morgan fingerprint density at radius 3 is 2.67 bits per heavy atom. The molecule has 7 rings (SSSR count). The van der Waals surface area contributed by atoms with E-state index in [0.29, 0.717) is 62.8 Å². The van der Waals surface area contributed by atoms with Gasteiger partial charge in [0.15, 0.2) is 17.3 Å². The molecule has 9 nitrogen and oxygen atoms in total. The molecule has 2 aromatic heterocycles. The summed E-state index contributed by atoms with van der Waals surface area (Å²) in [5, 5.41) is 5.21. The van der Waals surface area contributed by atoms with Gasteiger partial charge in [-0.15, -0.1) is 0 Å². The van der Waals surface area contributed by atoms with Gasteiger partial charge in [0, 0.05) is 44.8 Å². The number of amides is 1. The molecule has 1 fully saturated rings. The molecule has 2 aliphatic rings. The van der Waals surface area contributed by atoms with Crippen LogP contribution in [0.15, 0.2) is 72.2 Å². The number of halogens is 1. The van der Waals surface area contributed by atoms with Gasteiger partial charge in [0.25, 0.3) is 5.91 Å². The van der Waals surface area contributed by atoms with Crippen LogP contribution in [0.2, 0.25) is 0 Å². The maximum Gasteiger partial charge on any atom is 0.259 e. The normalized spacial score (nSPS) is 14.3. The van der Waals surface area contributed by atoms with Crippen LogP contribution in [-0.4, -0.2) is 57.8 Å². The minimum atomic E-state index is -0.617. The molecule has 40 heavy (non-hydrogen) atoms. The van der Waals surface area contributed by atoms with Gasteiger partial charge in [0.05, 0.1) is 30.6 Å². The first kappa shape index (κ1) is 24.3. The average molecular weight is 540 g/mol. The van der Waals surface area contributed by atoms with Gasteiger partial charge in [0.2, 0.25) is 5.43 Å². The lowest BCUT2D eigenvalue weighted by atomic mass is 10.0. The molecule has 0 radical (unpaired) electrons. The molecule has 10 heteroatoms. The fourth-order valence-corrected chi connectivity index (χ4v) is 5.45. The summed E-state index contributed by atoms with van der Waals surface area (Å²) in [6.07, 6.45) is 7.61. The Balaban J connectivity index is 1.38. The molecule has 0 bridgehead atoms. The number of pyridine rings is 1. The number of imidazole rings is 1. The molecular weight excluding hydrogens is 513 g/mol. The van der Waals surface area contributed by atoms with E-state index in [2.05, 4.69) is 10.3 Å². The Morgan fingerprint density at radius 1 is 1.10 bits per heavy atom. The minimum absolute atomic E-state index is 0.0122. The Kier molecular flexibility index (Phi) is 5.96. The highest BCUT2D eigenvalue weighted by molar-refractivity contribution is 6.02. The summed E-state index contributed by atoms with van der Waals surface area (Å²) < 4.78 is 31.2. The van der Waals surface area contributed by atoms with E-state index < -0.39 is 17.2 Å². The lowest BCUT2D eigenvalue weighted by Gasteiger charge is -2.29. The number of nitrogens with zero attached hydrogens (tertiary/aromatic N) is 4. The number of nitrogens with one attached hydrogen (secondary N) is 1. The molecule has 202 valence electrons. The first-order valence-electron chi connectivity index (χ1n) is 13.3. The van der Waals surface area contributed by atoms with Crippen LogP contribution < -0.4 is 15.5 Å². The quantitative estimate of drug-likeness (QED) is 0.312. The van der Waals surface area contributed by atoms with Crippen molar-refractivity contribution in [3.63, 3.8) is 0 Å². The molecule has 0 saturated carbocycles. The largest absolute Gasteiger partial charge is 0.451 e. The summed E-state index contributed by atoms with van der Waals surface area (Å²) >= 11 is 0. The van der Waals surface area contributed by atoms with E-state index in [1.807, 2.05) is 47.2 Å². The zero-order valence-electron chi connectivity index (χ0n) is 21.6. The monoisotopic (exact) mass is 539 g/mol. The highest BCUT2D eigenvalue weighted by Crippen LogP contribution is 2.46. The van der Waals surface area contributed by atoms with Crippen molar-refractivity contribution < 1.29 is 18.7 Å². The number of hydrogen-bond acceptors (Lipinski definition) is 6. The van der Waals surface area contributed by atoms with Gasteiger partial charge in [-0.1, -0.05) is 24.3 Å². The maximum atomic E-state index is 15.7. The third kappa shape index (κ3) is 4.08. The van der Waals surface area contributed by atoms with Gasteiger partial charge in [-0.25, -0.2) is 9.37 Å². The zero-order chi connectivity index (χ0) is 27.2. The molecule has 0 unspecified atom stereocenters. The zero-order valence-corrected chi connectivity index (χ0v) is 21.6. The number of morpholine rings is 1. The third-order valence-electron chi connectivity index (χ3n) is 7.48. The summed E-state index contributed by atoms with van der Waals surface area (Å²) in [6.45, 7) is 2.78. The van der Waals surface area contributed by atoms with Crippen molar-refractivity contribution in [2.24, 2.45) is 0 Å². The first-order chi connectivity index (χ1) is 19.6. The molecule has 0 spiro atoms. The number of anilines is 1. The van der Waals surface area contributed by atoms with Gasteiger partial charge in [-0.05, 0) is 35.4 Å². The van der Waals surface area contributed by atoms with E-state index in [0.717, 1.165) is 10.8 Å². The number of carbonyl (C=O) groups excluding carboxylic acids is 1. The summed E-state index contributed by atoms with van der Waals surface area (Å²) in [4.78, 5) is 32.8. The van der Waals surface area contributed by atoms with Crippen LogP contribution in [0.25, 0.3) is 27.4 Å². The molecule has 4 heterocycles. The van der Waals surface area contributed by atoms with Crippen molar-refractivity contribution in [2.75, 3.05) is 38.2 Å². The third-order valence-corrected chi connectivity index (χ3v) is 7.48. The van der Waals surface area contributed by atoms with Crippen molar-refractivity contribution in [1.29, 1.82) is 0 Å². The number of benzene rings is 3. The second kappa shape index (κ2) is 9.80. The molecule has 1 N–H and O–H groups in total. The number of carbonyl (C=O) groups is 1. The SMILES string of the molecule is O=C(c1cn2c3c(c(NCCCn4ccnc4)c(F)cc3c1=O)Oc1cc3ccccc3cc1-2)N1CCOCC1. The number of ether oxygens (including phenoxy) is 2. The molecule has 0 aliphatic carbocycles. The minimum Gasteiger partial charge on any atom is -0.451 e. The van der Waals surface area contributed by atoms with Crippen molar-refractivity contribution >= 4 is 33.3 Å². The van der Waals surface area contributed by atoms with Gasteiger partial charge in [0.1, 0.15) is 16.8 Å². The number of hydrogen-bond donors (Lipinski definition) is 1. The number of rotatable bonds is 6. The number of aryl methyl sites for hydroxylation is 1. The Morgan fingerprint density at radius 2 is 1.90 bits per heavy atom. The first-order valence-corrected chi connectivity index (χ1v) is 13.3. The van der Waals surface area contributed by atoms with E-state index in [9.17, 15) is 9.59 Å². The number of fused-ring (bicyclic) bond motifs is 3. The highest BCUT2D eigenvalue weighted by Gasteiger charge is 2.30. The standard InChI is InChI=1S/C30H26FN5O4/c31-23-16-21-27-29(26(23)33-6-3-8-34-9-7-32-18-34)40-25-15-20-5-2-1-4-19(20)14-24(25)36(27)17-22(28(21)37)30(38)35-10-12-39-13-11-35/h1-2,4-5,7,9,14-18,33H,3,6,8,10-13H2. The van der Waals surface area contributed by atoms with Crippen LogP contribution in [0, 0.1) is 5.82 Å². The molecule has 3 aromatic carbocycles. The van der Waals surface area contributed by atoms with Crippen molar-refractivity contribution in [1.82, 2.24) is 19.0 Å². The summed E-state index contributed by atoms with van der Waals surface area (Å²) in [7, 11) is 0. The van der Waals surface area contributed by atoms with Crippen LogP contribution in [0.4, 0.5) is 10.1 Å². The van der Waals surface area contributed by atoms with Crippen molar-refractivity contribution in [3.05, 3.63) is 89.0 Å². The molecule has 2 aliphatic heterocycles. The topological polar surface area (TPSA) is 90.6 Å². The Bertz CT molecular complexity index is 1830. The maximum absolute atomic E-state index is 15.7. The van der Waals surface area contributed by atoms with Gasteiger partial charge >= 0.3 is 0 Å². The van der Waals surface area contributed by atoms with Crippen LogP contribution in [0.5, 0.6) is 11.5 Å². The second-order valence-electron chi connectivity index (χ2n) is 9.96. The summed E-state index contributed by atoms with van der Waals surface area (Å²) in [5.41, 5.74) is 0.733. The van der Waals surface area contributed by atoms with Crippen molar-refractivity contribution in [2.45, 2.75) is 13.0 Å². The number of aromatic nitrogens is 3. The van der Waals surface area contributed by atoms with Crippen molar-refractivity contribution in [3.8, 4) is 17.2 Å². The van der Waals surface area contributed by atoms with Crippen LogP contribution in [0.1, 0.15) is 16.8 Å². The fraction of sp³-hybridized carbons (Fsp3) is 0.233. The molecular formula is C30H26FN5O4. The van der Waals surface area contributed by atoms with E-state index in [4.69, 9.17) is 9.47 Å².